The van der Waals surface area contributed by atoms with Gasteiger partial charge in [0.15, 0.2) is 0 Å². The molecular weight excluding hydrogens is 284 g/mol. The first-order valence-electron chi connectivity index (χ1n) is 7.58. The molecule has 0 amide bonds. The number of rotatable bonds is 7. The number of hydrazine groups is 1. The van der Waals surface area contributed by atoms with Gasteiger partial charge in [-0.3, -0.25) is 11.3 Å². The Morgan fingerprint density at radius 3 is 2.62 bits per heavy atom. The third kappa shape index (κ3) is 4.53. The molecule has 0 radical (unpaired) electrons. The largest absolute Gasteiger partial charge is 0.497 e. The summed E-state index contributed by atoms with van der Waals surface area (Å²) in [5.41, 5.74) is 3.99. The van der Waals surface area contributed by atoms with E-state index in [1.165, 1.54) is 32.1 Å². The molecule has 4 nitrogen and oxygen atoms in total. The van der Waals surface area contributed by atoms with Crippen LogP contribution in [-0.2, 0) is 0 Å². The molecule has 0 spiro atoms. The van der Waals surface area contributed by atoms with Crippen molar-refractivity contribution in [3.05, 3.63) is 23.8 Å². The quantitative estimate of drug-likeness (QED) is 0.598. The van der Waals surface area contributed by atoms with Crippen LogP contribution in [0.25, 0.3) is 0 Å². The van der Waals surface area contributed by atoms with E-state index in [1.807, 2.05) is 30.0 Å². The molecule has 1 fully saturated rings. The Morgan fingerprint density at radius 1 is 1.24 bits per heavy atom. The smallest absolute Gasteiger partial charge is 0.123 e. The number of hydrogen-bond donors (Lipinski definition) is 2. The van der Waals surface area contributed by atoms with Gasteiger partial charge in [-0.2, -0.15) is 11.8 Å². The second kappa shape index (κ2) is 8.51. The van der Waals surface area contributed by atoms with Gasteiger partial charge in [0.2, 0.25) is 0 Å². The van der Waals surface area contributed by atoms with Crippen LogP contribution in [0.2, 0.25) is 0 Å². The van der Waals surface area contributed by atoms with E-state index in [-0.39, 0.29) is 6.04 Å². The van der Waals surface area contributed by atoms with Gasteiger partial charge in [-0.1, -0.05) is 19.3 Å². The molecular formula is C16H26N2O2S. The molecule has 2 rings (SSSR count). The van der Waals surface area contributed by atoms with Gasteiger partial charge < -0.3 is 9.47 Å². The zero-order valence-electron chi connectivity index (χ0n) is 12.9. The topological polar surface area (TPSA) is 56.5 Å². The highest BCUT2D eigenvalue weighted by atomic mass is 32.2. The highest BCUT2D eigenvalue weighted by Gasteiger charge is 2.20. The van der Waals surface area contributed by atoms with Crippen molar-refractivity contribution in [2.45, 2.75) is 43.4 Å². The van der Waals surface area contributed by atoms with Gasteiger partial charge in [0.1, 0.15) is 11.5 Å². The van der Waals surface area contributed by atoms with Crippen molar-refractivity contribution < 1.29 is 9.47 Å². The summed E-state index contributed by atoms with van der Waals surface area (Å²) < 4.78 is 10.8. The third-order valence-electron chi connectivity index (χ3n) is 4.06. The van der Waals surface area contributed by atoms with E-state index in [0.29, 0.717) is 0 Å². The van der Waals surface area contributed by atoms with Crippen LogP contribution in [0.5, 0.6) is 11.5 Å². The van der Waals surface area contributed by atoms with Crippen LogP contribution in [0.15, 0.2) is 18.2 Å². The fourth-order valence-corrected chi connectivity index (χ4v) is 4.21. The van der Waals surface area contributed by atoms with E-state index >= 15 is 0 Å². The number of ether oxygens (including phenoxy) is 2. The molecule has 1 aliphatic rings. The maximum atomic E-state index is 5.78. The second-order valence-corrected chi connectivity index (χ2v) is 6.75. The molecule has 1 unspecified atom stereocenters. The van der Waals surface area contributed by atoms with Gasteiger partial charge in [0.25, 0.3) is 0 Å². The lowest BCUT2D eigenvalue weighted by Gasteiger charge is -2.25. The lowest BCUT2D eigenvalue weighted by molar-refractivity contribution is 0.392. The molecule has 1 aromatic carbocycles. The van der Waals surface area contributed by atoms with Crippen LogP contribution in [0.4, 0.5) is 0 Å². The molecule has 0 aliphatic heterocycles. The molecule has 3 N–H and O–H groups in total. The van der Waals surface area contributed by atoms with Crippen molar-refractivity contribution in [1.82, 2.24) is 5.43 Å². The molecule has 1 aliphatic carbocycles. The predicted octanol–water partition coefficient (Wildman–Crippen LogP) is 3.27. The van der Waals surface area contributed by atoms with Gasteiger partial charge >= 0.3 is 0 Å². The molecule has 0 aromatic heterocycles. The van der Waals surface area contributed by atoms with Gasteiger partial charge in [0.05, 0.1) is 20.3 Å². The minimum atomic E-state index is 0.0713. The normalized spacial score (nSPS) is 17.5. The van der Waals surface area contributed by atoms with E-state index in [1.54, 1.807) is 14.2 Å². The summed E-state index contributed by atoms with van der Waals surface area (Å²) in [6.45, 7) is 0. The Bertz CT molecular complexity index is 436. The third-order valence-corrected chi connectivity index (χ3v) is 5.53. The van der Waals surface area contributed by atoms with Gasteiger partial charge in [-0.25, -0.2) is 0 Å². The SMILES string of the molecule is COc1ccc(OC)c(C(CSC2CCCCC2)NN)c1. The first kappa shape index (κ1) is 16.5. The molecule has 5 heteroatoms. The minimum absolute atomic E-state index is 0.0713. The molecule has 0 heterocycles. The standard InChI is InChI=1S/C16H26N2O2S/c1-19-12-8-9-16(20-2)14(10-12)15(18-17)11-21-13-6-4-3-5-7-13/h8-10,13,15,18H,3-7,11,17H2,1-2H3. The number of methoxy groups -OCH3 is 2. The van der Waals surface area contributed by atoms with Crippen molar-refractivity contribution in [3.63, 3.8) is 0 Å². The van der Waals surface area contributed by atoms with E-state index in [9.17, 15) is 0 Å². The number of hydrogen-bond acceptors (Lipinski definition) is 5. The lowest BCUT2D eigenvalue weighted by atomic mass is 10.0. The van der Waals surface area contributed by atoms with E-state index in [2.05, 4.69) is 5.43 Å². The lowest BCUT2D eigenvalue weighted by Crippen LogP contribution is -2.30. The highest BCUT2D eigenvalue weighted by molar-refractivity contribution is 7.99. The highest BCUT2D eigenvalue weighted by Crippen LogP contribution is 2.34. The summed E-state index contributed by atoms with van der Waals surface area (Å²) in [5.74, 6) is 8.40. The molecule has 1 saturated carbocycles. The zero-order valence-corrected chi connectivity index (χ0v) is 13.7. The van der Waals surface area contributed by atoms with E-state index < -0.39 is 0 Å². The predicted molar refractivity (Wildman–Crippen MR) is 88.9 cm³/mol. The van der Waals surface area contributed by atoms with Gasteiger partial charge in [0, 0.05) is 16.6 Å². The van der Waals surface area contributed by atoms with Crippen LogP contribution in [0, 0.1) is 0 Å². The van der Waals surface area contributed by atoms with Gasteiger partial charge in [-0.15, -0.1) is 0 Å². The van der Waals surface area contributed by atoms with E-state index in [0.717, 1.165) is 28.1 Å². The summed E-state index contributed by atoms with van der Waals surface area (Å²) in [7, 11) is 3.36. The number of benzene rings is 1. The summed E-state index contributed by atoms with van der Waals surface area (Å²) in [5, 5.41) is 0.770. The first-order valence-corrected chi connectivity index (χ1v) is 8.63. The van der Waals surface area contributed by atoms with Crippen LogP contribution < -0.4 is 20.7 Å². The van der Waals surface area contributed by atoms with Crippen molar-refractivity contribution >= 4 is 11.8 Å². The summed E-state index contributed by atoms with van der Waals surface area (Å²) in [4.78, 5) is 0. The molecule has 21 heavy (non-hydrogen) atoms. The van der Waals surface area contributed by atoms with Crippen LogP contribution in [0.1, 0.15) is 43.7 Å². The van der Waals surface area contributed by atoms with Crippen molar-refractivity contribution in [2.24, 2.45) is 5.84 Å². The zero-order chi connectivity index (χ0) is 15.1. The maximum Gasteiger partial charge on any atom is 0.123 e. The number of nitrogens with two attached hydrogens (primary N) is 1. The first-order chi connectivity index (χ1) is 10.3. The average Bonchev–Trinajstić information content (AvgIpc) is 2.56. The van der Waals surface area contributed by atoms with Crippen LogP contribution in [-0.4, -0.2) is 25.2 Å². The summed E-state index contributed by atoms with van der Waals surface area (Å²) >= 11 is 2.02. The Kier molecular flexibility index (Phi) is 6.67. The Hall–Kier alpha value is -0.910. The summed E-state index contributed by atoms with van der Waals surface area (Å²) in [6, 6.07) is 5.92. The van der Waals surface area contributed by atoms with Crippen molar-refractivity contribution in [3.8, 4) is 11.5 Å². The molecule has 1 atom stereocenters. The Morgan fingerprint density at radius 2 is 2.00 bits per heavy atom. The molecule has 0 saturated heterocycles. The maximum absolute atomic E-state index is 5.78. The van der Waals surface area contributed by atoms with Crippen molar-refractivity contribution in [1.29, 1.82) is 0 Å². The molecule has 118 valence electrons. The van der Waals surface area contributed by atoms with Crippen molar-refractivity contribution in [2.75, 3.05) is 20.0 Å². The monoisotopic (exact) mass is 310 g/mol. The van der Waals surface area contributed by atoms with Crippen LogP contribution >= 0.6 is 11.8 Å². The number of thioether (sulfide) groups is 1. The Balaban J connectivity index is 2.04. The van der Waals surface area contributed by atoms with E-state index in [4.69, 9.17) is 15.3 Å². The Labute approximate surface area is 131 Å². The fourth-order valence-electron chi connectivity index (χ4n) is 2.80. The fraction of sp³-hybridized carbons (Fsp3) is 0.625. The number of nitrogens with one attached hydrogen (secondary N) is 1. The van der Waals surface area contributed by atoms with Gasteiger partial charge in [-0.05, 0) is 31.0 Å². The molecule has 0 bridgehead atoms. The van der Waals surface area contributed by atoms with Crippen LogP contribution in [0.3, 0.4) is 0 Å². The minimum Gasteiger partial charge on any atom is -0.497 e. The molecule has 1 aromatic rings. The summed E-state index contributed by atoms with van der Waals surface area (Å²) in [6.07, 6.45) is 6.77. The average molecular weight is 310 g/mol. The second-order valence-electron chi connectivity index (χ2n) is 5.42.